The molecular weight excluding hydrogens is 486 g/mol. The average Bonchev–Trinajstić information content (AvgIpc) is 3.34. The number of nitrogens with zero attached hydrogens (tertiary/aromatic N) is 1. The molecule has 6 heteroatoms. The van der Waals surface area contributed by atoms with E-state index in [9.17, 15) is 13.2 Å². The lowest BCUT2D eigenvalue weighted by Gasteiger charge is -2.36. The summed E-state index contributed by atoms with van der Waals surface area (Å²) in [7, 11) is -3.59. The number of carbonyl (C=O) groups excluding carboxylic acids is 1. The van der Waals surface area contributed by atoms with Crippen LogP contribution in [0, 0.1) is 18.8 Å². The molecule has 4 nitrogen and oxygen atoms in total. The Morgan fingerprint density at radius 3 is 2.33 bits per heavy atom. The van der Waals surface area contributed by atoms with Crippen LogP contribution in [0.2, 0.25) is 0 Å². The Labute approximate surface area is 218 Å². The molecule has 2 aliphatic rings. The van der Waals surface area contributed by atoms with Crippen molar-refractivity contribution in [2.45, 2.75) is 50.8 Å². The first-order chi connectivity index (χ1) is 17.4. The van der Waals surface area contributed by atoms with Crippen LogP contribution >= 0.6 is 11.3 Å². The molecule has 0 amide bonds. The fourth-order valence-corrected chi connectivity index (χ4v) is 8.02. The summed E-state index contributed by atoms with van der Waals surface area (Å²) >= 11 is 1.53. The molecule has 0 N–H and O–H groups in total. The van der Waals surface area contributed by atoms with Crippen molar-refractivity contribution < 1.29 is 13.2 Å². The van der Waals surface area contributed by atoms with Crippen molar-refractivity contribution in [3.63, 3.8) is 0 Å². The molecule has 0 radical (unpaired) electrons. The molecule has 0 atom stereocenters. The van der Waals surface area contributed by atoms with Gasteiger partial charge >= 0.3 is 0 Å². The summed E-state index contributed by atoms with van der Waals surface area (Å²) in [5, 5.41) is 0. The van der Waals surface area contributed by atoms with E-state index in [0.717, 1.165) is 58.4 Å². The first-order valence-corrected chi connectivity index (χ1v) is 15.1. The molecule has 36 heavy (non-hydrogen) atoms. The third-order valence-corrected chi connectivity index (χ3v) is 10.7. The van der Waals surface area contributed by atoms with Crippen molar-refractivity contribution in [2.75, 3.05) is 13.1 Å². The van der Waals surface area contributed by atoms with Crippen LogP contribution in [0.3, 0.4) is 0 Å². The Hall–Kier alpha value is -2.54. The summed E-state index contributed by atoms with van der Waals surface area (Å²) in [5.74, 6) is 1.06. The van der Waals surface area contributed by atoms with Gasteiger partial charge < -0.3 is 0 Å². The van der Waals surface area contributed by atoms with Crippen LogP contribution in [0.1, 0.15) is 59.8 Å². The summed E-state index contributed by atoms with van der Waals surface area (Å²) in [6.07, 6.45) is 6.06. The van der Waals surface area contributed by atoms with Crippen LogP contribution in [0.5, 0.6) is 0 Å². The van der Waals surface area contributed by atoms with Gasteiger partial charge in [-0.2, -0.15) is 4.31 Å². The normalized spacial score (nSPS) is 21.5. The van der Waals surface area contributed by atoms with E-state index in [4.69, 9.17) is 0 Å². The van der Waals surface area contributed by atoms with E-state index in [-0.39, 0.29) is 0 Å². The van der Waals surface area contributed by atoms with Crippen molar-refractivity contribution in [3.8, 4) is 10.4 Å². The van der Waals surface area contributed by atoms with Gasteiger partial charge in [0.15, 0.2) is 6.29 Å². The van der Waals surface area contributed by atoms with Gasteiger partial charge in [-0.05, 0) is 78.5 Å². The number of thiophene rings is 1. The molecule has 0 saturated heterocycles. The van der Waals surface area contributed by atoms with E-state index >= 15 is 0 Å². The maximum atomic E-state index is 13.6. The molecule has 1 aromatic heterocycles. The van der Waals surface area contributed by atoms with Gasteiger partial charge in [-0.1, -0.05) is 67.8 Å². The molecule has 0 spiro atoms. The summed E-state index contributed by atoms with van der Waals surface area (Å²) < 4.78 is 28.8. The van der Waals surface area contributed by atoms with E-state index in [0.29, 0.717) is 36.2 Å². The number of aryl methyl sites for hydroxylation is 1. The molecule has 3 aromatic rings. The lowest BCUT2D eigenvalue weighted by molar-refractivity contribution is 0.112. The fraction of sp³-hybridized carbons (Fsp3) is 0.367. The van der Waals surface area contributed by atoms with E-state index in [1.165, 1.54) is 22.5 Å². The highest BCUT2D eigenvalue weighted by molar-refractivity contribution is 7.89. The molecule has 1 saturated carbocycles. The van der Waals surface area contributed by atoms with Crippen molar-refractivity contribution in [3.05, 3.63) is 82.2 Å². The summed E-state index contributed by atoms with van der Waals surface area (Å²) in [5.41, 5.74) is 5.54. The van der Waals surface area contributed by atoms with E-state index in [1.807, 2.05) is 37.3 Å². The fourth-order valence-electron chi connectivity index (χ4n) is 5.59. The van der Waals surface area contributed by atoms with Crippen LogP contribution in [0.25, 0.3) is 16.0 Å². The molecule has 1 fully saturated rings. The number of benzene rings is 2. The van der Waals surface area contributed by atoms with Crippen molar-refractivity contribution in [1.29, 1.82) is 0 Å². The Balaban J connectivity index is 1.56. The maximum Gasteiger partial charge on any atom is 0.243 e. The number of rotatable bonds is 6. The number of carbonyl (C=O) groups is 1. The number of hydrogen-bond donors (Lipinski definition) is 0. The molecular formula is C30H33NO3S2. The molecule has 0 bridgehead atoms. The lowest BCUT2D eigenvalue weighted by Crippen LogP contribution is -2.39. The minimum absolute atomic E-state index is 0.351. The zero-order chi connectivity index (χ0) is 25.3. The monoisotopic (exact) mass is 519 g/mol. The first kappa shape index (κ1) is 25.1. The molecule has 2 aromatic carbocycles. The molecule has 0 unspecified atom stereocenters. The minimum Gasteiger partial charge on any atom is -0.297 e. The summed E-state index contributed by atoms with van der Waals surface area (Å²) in [4.78, 5) is 14.3. The van der Waals surface area contributed by atoms with E-state index < -0.39 is 10.0 Å². The molecule has 1 aliphatic carbocycles. The van der Waals surface area contributed by atoms with Crippen molar-refractivity contribution in [1.82, 2.24) is 4.31 Å². The lowest BCUT2D eigenvalue weighted by atomic mass is 9.76. The quantitative estimate of drug-likeness (QED) is 0.323. The second kappa shape index (κ2) is 10.4. The highest BCUT2D eigenvalue weighted by Gasteiger charge is 2.34. The van der Waals surface area contributed by atoms with E-state index in [1.54, 1.807) is 16.4 Å². The van der Waals surface area contributed by atoms with Crippen molar-refractivity contribution >= 4 is 33.2 Å². The van der Waals surface area contributed by atoms with Gasteiger partial charge in [0, 0.05) is 18.0 Å². The summed E-state index contributed by atoms with van der Waals surface area (Å²) in [6, 6.07) is 19.4. The van der Waals surface area contributed by atoms with Gasteiger partial charge in [0.1, 0.15) is 0 Å². The molecule has 5 rings (SSSR count). The van der Waals surface area contributed by atoms with Crippen LogP contribution in [-0.4, -0.2) is 32.1 Å². The maximum absolute atomic E-state index is 13.6. The standard InChI is InChI=1S/C30H33NO3S2/c1-21-8-12-23(13-9-21)28-19-31(36(33,34)25-14-10-22(2)11-15-25)17-16-26(28)27-18-29(35-30(27)20-32)24-6-4-3-5-7-24/h3-7,10-11,14-15,18,20-21,23H,8-9,12-13,16-17,19H2,1-2H3. The van der Waals surface area contributed by atoms with Gasteiger partial charge in [-0.15, -0.1) is 11.3 Å². The largest absolute Gasteiger partial charge is 0.297 e. The molecule has 2 heterocycles. The predicted molar refractivity (Wildman–Crippen MR) is 148 cm³/mol. The minimum atomic E-state index is -3.59. The molecule has 188 valence electrons. The topological polar surface area (TPSA) is 54.5 Å². The van der Waals surface area contributed by atoms with Gasteiger partial charge in [-0.3, -0.25) is 4.79 Å². The third kappa shape index (κ3) is 4.99. The van der Waals surface area contributed by atoms with Gasteiger partial charge in [0.05, 0.1) is 9.77 Å². The van der Waals surface area contributed by atoms with Crippen LogP contribution < -0.4 is 0 Å². The van der Waals surface area contributed by atoms with Gasteiger partial charge in [-0.25, -0.2) is 8.42 Å². The van der Waals surface area contributed by atoms with Crippen molar-refractivity contribution in [2.24, 2.45) is 11.8 Å². The van der Waals surface area contributed by atoms with Crippen LogP contribution in [0.15, 0.2) is 71.1 Å². The Bertz CT molecular complexity index is 1360. The molecule has 1 aliphatic heterocycles. The Kier molecular flexibility index (Phi) is 7.29. The Morgan fingerprint density at radius 1 is 0.972 bits per heavy atom. The zero-order valence-corrected chi connectivity index (χ0v) is 22.6. The SMILES string of the molecule is Cc1ccc(S(=O)(=O)N2CCC(c3cc(-c4ccccc4)sc3C=O)=C(C3CCC(C)CC3)C2)cc1. The number of hydrogen-bond acceptors (Lipinski definition) is 4. The third-order valence-electron chi connectivity index (χ3n) is 7.76. The smallest absolute Gasteiger partial charge is 0.243 e. The Morgan fingerprint density at radius 2 is 1.67 bits per heavy atom. The van der Waals surface area contributed by atoms with Gasteiger partial charge in [0.2, 0.25) is 10.0 Å². The zero-order valence-electron chi connectivity index (χ0n) is 20.9. The van der Waals surface area contributed by atoms with Crippen LogP contribution in [-0.2, 0) is 10.0 Å². The first-order valence-electron chi connectivity index (χ1n) is 12.8. The second-order valence-electron chi connectivity index (χ2n) is 10.2. The second-order valence-corrected chi connectivity index (χ2v) is 13.3. The highest BCUT2D eigenvalue weighted by atomic mass is 32.2. The van der Waals surface area contributed by atoms with E-state index in [2.05, 4.69) is 25.1 Å². The average molecular weight is 520 g/mol. The number of sulfonamides is 1. The van der Waals surface area contributed by atoms with Gasteiger partial charge in [0.25, 0.3) is 0 Å². The summed E-state index contributed by atoms with van der Waals surface area (Å²) in [6.45, 7) is 5.09. The number of aldehydes is 1. The van der Waals surface area contributed by atoms with Crippen LogP contribution in [0.4, 0.5) is 0 Å². The highest BCUT2D eigenvalue weighted by Crippen LogP contribution is 2.44. The predicted octanol–water partition coefficient (Wildman–Crippen LogP) is 7.21.